The number of hydrogen-bond donors (Lipinski definition) is 2. The highest BCUT2D eigenvalue weighted by Gasteiger charge is 2.30. The molecule has 0 spiro atoms. The van der Waals surface area contributed by atoms with E-state index in [0.29, 0.717) is 83.9 Å². The number of nitrogens with one attached hydrogen (secondary N) is 2. The molecule has 2 aliphatic heterocycles. The molecule has 2 N–H and O–H groups in total. The molecule has 1 saturated heterocycles. The number of ether oxygens (including phenoxy) is 4. The maximum absolute atomic E-state index is 13.1. The molecule has 2 aromatic heterocycles. The first kappa shape index (κ1) is 23.4. The molecule has 0 bridgehead atoms. The fraction of sp³-hybridized carbons (Fsp3) is 0.462. The minimum atomic E-state index is -0.306. The Kier molecular flexibility index (Phi) is 6.19. The average molecular weight is 508 g/mol. The summed E-state index contributed by atoms with van der Waals surface area (Å²) < 4.78 is 22.6. The molecule has 1 unspecified atom stereocenters. The van der Waals surface area contributed by atoms with E-state index in [1.54, 1.807) is 18.0 Å². The number of carbonyl (C=O) groups is 2. The zero-order valence-corrected chi connectivity index (χ0v) is 20.6. The molecule has 1 aromatic carbocycles. The number of nitrogens with zero attached hydrogens (tertiary/aromatic N) is 3. The van der Waals surface area contributed by atoms with Crippen LogP contribution in [0, 0.1) is 11.8 Å². The molecule has 0 radical (unpaired) electrons. The summed E-state index contributed by atoms with van der Waals surface area (Å²) in [5.74, 6) is 2.35. The van der Waals surface area contributed by atoms with E-state index in [1.165, 1.54) is 19.2 Å². The molecule has 2 fully saturated rings. The van der Waals surface area contributed by atoms with Crippen LogP contribution in [0.25, 0.3) is 22.3 Å². The highest BCUT2D eigenvalue weighted by molar-refractivity contribution is 6.08. The van der Waals surface area contributed by atoms with Gasteiger partial charge in [-0.15, -0.1) is 0 Å². The van der Waals surface area contributed by atoms with Crippen molar-refractivity contribution >= 4 is 23.0 Å². The van der Waals surface area contributed by atoms with Crippen LogP contribution in [0.1, 0.15) is 36.5 Å². The van der Waals surface area contributed by atoms with Gasteiger partial charge in [-0.25, -0.2) is 14.8 Å². The monoisotopic (exact) mass is 507 g/mol. The highest BCUT2D eigenvalue weighted by Crippen LogP contribution is 2.48. The van der Waals surface area contributed by atoms with Crippen molar-refractivity contribution in [2.45, 2.75) is 26.2 Å². The van der Waals surface area contributed by atoms with E-state index in [1.807, 2.05) is 12.1 Å². The van der Waals surface area contributed by atoms with Gasteiger partial charge >= 0.3 is 6.09 Å². The van der Waals surface area contributed by atoms with E-state index in [0.717, 1.165) is 6.42 Å². The van der Waals surface area contributed by atoms with Crippen molar-refractivity contribution in [2.24, 2.45) is 11.8 Å². The summed E-state index contributed by atoms with van der Waals surface area (Å²) in [6.45, 7) is 4.53. The van der Waals surface area contributed by atoms with Gasteiger partial charge in [0.25, 0.3) is 5.91 Å². The smallest absolute Gasteiger partial charge is 0.409 e. The normalized spacial score (nSPS) is 18.3. The van der Waals surface area contributed by atoms with Crippen molar-refractivity contribution in [2.75, 3.05) is 39.6 Å². The topological polar surface area (TPSA) is 128 Å². The van der Waals surface area contributed by atoms with E-state index < -0.39 is 0 Å². The van der Waals surface area contributed by atoms with Crippen LogP contribution in [0.4, 0.5) is 4.79 Å². The van der Waals surface area contributed by atoms with Crippen LogP contribution < -0.4 is 19.5 Å². The van der Waals surface area contributed by atoms with Gasteiger partial charge in [0.1, 0.15) is 23.3 Å². The molecule has 4 heterocycles. The third-order valence-corrected chi connectivity index (χ3v) is 6.98. The van der Waals surface area contributed by atoms with Crippen molar-refractivity contribution < 1.29 is 28.5 Å². The van der Waals surface area contributed by atoms with Crippen LogP contribution >= 0.6 is 0 Å². The third-order valence-electron chi connectivity index (χ3n) is 6.98. The lowest BCUT2D eigenvalue weighted by molar-refractivity contribution is 0.0948. The minimum absolute atomic E-state index is 0.121. The Hall–Kier alpha value is -4.02. The molecule has 11 nitrogen and oxygen atoms in total. The van der Waals surface area contributed by atoms with E-state index in [4.69, 9.17) is 18.9 Å². The van der Waals surface area contributed by atoms with Crippen molar-refractivity contribution in [3.63, 3.8) is 0 Å². The predicted molar refractivity (Wildman–Crippen MR) is 133 cm³/mol. The van der Waals surface area contributed by atoms with Gasteiger partial charge in [0.15, 0.2) is 11.5 Å². The lowest BCUT2D eigenvalue weighted by Crippen LogP contribution is -2.33. The van der Waals surface area contributed by atoms with E-state index in [2.05, 4.69) is 20.3 Å². The molecule has 194 valence electrons. The van der Waals surface area contributed by atoms with Gasteiger partial charge < -0.3 is 34.1 Å². The van der Waals surface area contributed by atoms with Gasteiger partial charge in [0, 0.05) is 25.8 Å². The first-order valence-electron chi connectivity index (χ1n) is 12.7. The van der Waals surface area contributed by atoms with Crippen molar-refractivity contribution in [3.05, 3.63) is 30.2 Å². The minimum Gasteiger partial charge on any atom is -0.492 e. The van der Waals surface area contributed by atoms with Crippen LogP contribution in [0.15, 0.2) is 24.7 Å². The van der Waals surface area contributed by atoms with Crippen LogP contribution in [-0.4, -0.2) is 71.5 Å². The van der Waals surface area contributed by atoms with Crippen LogP contribution in [-0.2, 0) is 4.74 Å². The average Bonchev–Trinajstić information content (AvgIpc) is 3.27. The second kappa shape index (κ2) is 9.79. The maximum Gasteiger partial charge on any atom is 0.409 e. The first-order chi connectivity index (χ1) is 18.1. The molecular weight excluding hydrogens is 478 g/mol. The number of aromatic amines is 1. The number of H-pyrrole nitrogens is 1. The SMILES string of the molecule is CCOC(=O)N1CCC(CNC(=O)c2c[nH]c3c(-c4c(OCC5CC5)ccc5c4OCO5)ncnc23)C1. The zero-order valence-electron chi connectivity index (χ0n) is 20.6. The standard InChI is InChI=1S/C26H29N5O6/c1-2-34-26(33)31-8-7-16(11-31)9-28-25(32)17-10-27-23-21(17)29-13-30-22(23)20-18(35-12-15-3-4-15)5-6-19-24(20)37-14-36-19/h5-6,10,13,15-16,27H,2-4,7-9,11-12,14H2,1H3,(H,28,32). The van der Waals surface area contributed by atoms with E-state index >= 15 is 0 Å². The van der Waals surface area contributed by atoms with Crippen molar-refractivity contribution in [1.82, 2.24) is 25.2 Å². The first-order valence-corrected chi connectivity index (χ1v) is 12.7. The zero-order chi connectivity index (χ0) is 25.4. The fourth-order valence-electron chi connectivity index (χ4n) is 4.80. The second-order valence-corrected chi connectivity index (χ2v) is 9.58. The van der Waals surface area contributed by atoms with Gasteiger partial charge in [-0.1, -0.05) is 0 Å². The summed E-state index contributed by atoms with van der Waals surface area (Å²) in [6, 6.07) is 3.71. The number of hydrogen-bond acceptors (Lipinski definition) is 8. The number of fused-ring (bicyclic) bond motifs is 2. The molecule has 1 saturated carbocycles. The molecule has 1 atom stereocenters. The molecule has 3 aliphatic rings. The number of rotatable bonds is 8. The van der Waals surface area contributed by atoms with Gasteiger partial charge in [0.2, 0.25) is 6.79 Å². The van der Waals surface area contributed by atoms with Crippen LogP contribution in [0.2, 0.25) is 0 Å². The molecular formula is C26H29N5O6. The number of benzene rings is 1. The van der Waals surface area contributed by atoms with Crippen LogP contribution in [0.3, 0.4) is 0 Å². The van der Waals surface area contributed by atoms with Gasteiger partial charge in [-0.2, -0.15) is 0 Å². The summed E-state index contributed by atoms with van der Waals surface area (Å²) in [5.41, 5.74) is 2.80. The largest absolute Gasteiger partial charge is 0.492 e. The molecule has 11 heteroatoms. The Labute approximate surface area is 213 Å². The molecule has 3 aromatic rings. The quantitative estimate of drug-likeness (QED) is 0.475. The van der Waals surface area contributed by atoms with Crippen molar-refractivity contribution in [3.8, 4) is 28.5 Å². The van der Waals surface area contributed by atoms with Gasteiger partial charge in [-0.3, -0.25) is 4.79 Å². The summed E-state index contributed by atoms with van der Waals surface area (Å²) in [6.07, 6.45) is 5.94. The molecule has 2 amide bonds. The molecule has 6 rings (SSSR count). The third kappa shape index (κ3) is 4.61. The number of aromatic nitrogens is 3. The summed E-state index contributed by atoms with van der Waals surface area (Å²) in [7, 11) is 0. The summed E-state index contributed by atoms with van der Waals surface area (Å²) in [4.78, 5) is 38.9. The Bertz CT molecular complexity index is 1340. The second-order valence-electron chi connectivity index (χ2n) is 9.58. The molecule has 1 aliphatic carbocycles. The van der Waals surface area contributed by atoms with Crippen LogP contribution in [0.5, 0.6) is 17.2 Å². The number of amides is 2. The van der Waals surface area contributed by atoms with Gasteiger partial charge in [0.05, 0.1) is 29.9 Å². The summed E-state index contributed by atoms with van der Waals surface area (Å²) in [5, 5.41) is 3.00. The molecule has 37 heavy (non-hydrogen) atoms. The highest BCUT2D eigenvalue weighted by atomic mass is 16.7. The van der Waals surface area contributed by atoms with E-state index in [-0.39, 0.29) is 24.7 Å². The Morgan fingerprint density at radius 1 is 1.19 bits per heavy atom. The Morgan fingerprint density at radius 2 is 2.08 bits per heavy atom. The fourth-order valence-corrected chi connectivity index (χ4v) is 4.80. The van der Waals surface area contributed by atoms with Gasteiger partial charge in [-0.05, 0) is 50.2 Å². The van der Waals surface area contributed by atoms with Crippen molar-refractivity contribution in [1.29, 1.82) is 0 Å². The Morgan fingerprint density at radius 3 is 2.92 bits per heavy atom. The summed E-state index contributed by atoms with van der Waals surface area (Å²) >= 11 is 0. The number of carbonyl (C=O) groups excluding carboxylic acids is 2. The Balaban J connectivity index is 1.23. The lowest BCUT2D eigenvalue weighted by atomic mass is 10.1. The number of likely N-dealkylation sites (tertiary alicyclic amines) is 1. The predicted octanol–water partition coefficient (Wildman–Crippen LogP) is 3.35. The van der Waals surface area contributed by atoms with E-state index in [9.17, 15) is 9.59 Å². The lowest BCUT2D eigenvalue weighted by Gasteiger charge is -2.16. The maximum atomic E-state index is 13.1.